The van der Waals surface area contributed by atoms with Gasteiger partial charge in [0.1, 0.15) is 0 Å². The summed E-state index contributed by atoms with van der Waals surface area (Å²) in [4.78, 5) is 11.5. The molecule has 3 N–H and O–H groups in total. The van der Waals surface area contributed by atoms with Gasteiger partial charge in [-0.15, -0.1) is 0 Å². The monoisotopic (exact) mass is 212 g/mol. The van der Waals surface area contributed by atoms with Crippen molar-refractivity contribution in [3.63, 3.8) is 0 Å². The van der Waals surface area contributed by atoms with Crippen LogP contribution in [0.3, 0.4) is 0 Å². The summed E-state index contributed by atoms with van der Waals surface area (Å²) in [5.74, 6) is 0. The minimum absolute atomic E-state index is 0.123. The molecule has 2 aliphatic rings. The molecule has 0 aromatic rings. The van der Waals surface area contributed by atoms with Gasteiger partial charge in [0.25, 0.3) is 0 Å². The second-order valence-electron chi connectivity index (χ2n) is 4.89. The maximum Gasteiger partial charge on any atom is 0.315 e. The molecule has 0 aromatic heterocycles. The van der Waals surface area contributed by atoms with E-state index in [1.807, 2.05) is 0 Å². The first-order chi connectivity index (χ1) is 7.18. The highest BCUT2D eigenvalue weighted by atomic mass is 16.3. The highest BCUT2D eigenvalue weighted by Gasteiger charge is 2.34. The molecule has 2 fully saturated rings. The first-order valence-corrected chi connectivity index (χ1v) is 5.95. The van der Waals surface area contributed by atoms with Gasteiger partial charge in [-0.1, -0.05) is 12.8 Å². The van der Waals surface area contributed by atoms with Gasteiger partial charge in [-0.3, -0.25) is 0 Å². The molecule has 2 saturated carbocycles. The number of aliphatic hydroxyl groups is 1. The third kappa shape index (κ3) is 2.84. The quantitative estimate of drug-likeness (QED) is 0.657. The molecule has 15 heavy (non-hydrogen) atoms. The van der Waals surface area contributed by atoms with Crippen molar-refractivity contribution in [3.8, 4) is 0 Å². The van der Waals surface area contributed by atoms with E-state index in [0.717, 1.165) is 32.1 Å². The number of hydrogen-bond acceptors (Lipinski definition) is 2. The highest BCUT2D eigenvalue weighted by molar-refractivity contribution is 5.74. The van der Waals surface area contributed by atoms with Gasteiger partial charge >= 0.3 is 6.03 Å². The molecule has 0 bridgehead atoms. The van der Waals surface area contributed by atoms with Gasteiger partial charge in [0.15, 0.2) is 0 Å². The van der Waals surface area contributed by atoms with Crippen LogP contribution in [-0.2, 0) is 0 Å². The van der Waals surface area contributed by atoms with Crippen LogP contribution in [-0.4, -0.2) is 29.3 Å². The fourth-order valence-electron chi connectivity index (χ4n) is 2.31. The SMILES string of the molecule is O=C(NCC1(O)CCC1)NC1CCCC1. The number of hydrogen-bond donors (Lipinski definition) is 3. The van der Waals surface area contributed by atoms with Crippen LogP contribution in [0, 0.1) is 0 Å². The lowest BCUT2D eigenvalue weighted by molar-refractivity contribution is -0.0290. The molecule has 2 rings (SSSR count). The maximum absolute atomic E-state index is 11.5. The second kappa shape index (κ2) is 4.39. The summed E-state index contributed by atoms with van der Waals surface area (Å²) in [6.45, 7) is 0.394. The summed E-state index contributed by atoms with van der Waals surface area (Å²) in [5, 5.41) is 15.5. The van der Waals surface area contributed by atoms with Crippen molar-refractivity contribution < 1.29 is 9.90 Å². The van der Waals surface area contributed by atoms with Crippen LogP contribution in [0.15, 0.2) is 0 Å². The average Bonchev–Trinajstić information content (AvgIpc) is 2.64. The van der Waals surface area contributed by atoms with Crippen LogP contribution in [0.2, 0.25) is 0 Å². The Kier molecular flexibility index (Phi) is 3.14. The van der Waals surface area contributed by atoms with Crippen molar-refractivity contribution >= 4 is 6.03 Å². The van der Waals surface area contributed by atoms with Gasteiger partial charge in [0.05, 0.1) is 5.60 Å². The Morgan fingerprint density at radius 2 is 1.93 bits per heavy atom. The zero-order valence-corrected chi connectivity index (χ0v) is 9.09. The summed E-state index contributed by atoms with van der Waals surface area (Å²) >= 11 is 0. The van der Waals surface area contributed by atoms with E-state index >= 15 is 0 Å². The largest absolute Gasteiger partial charge is 0.388 e. The van der Waals surface area contributed by atoms with Gasteiger partial charge in [0.2, 0.25) is 0 Å². The van der Waals surface area contributed by atoms with Crippen molar-refractivity contribution in [2.24, 2.45) is 0 Å². The van der Waals surface area contributed by atoms with Gasteiger partial charge < -0.3 is 15.7 Å². The van der Waals surface area contributed by atoms with E-state index < -0.39 is 5.60 Å². The number of carbonyl (C=O) groups excluding carboxylic acids is 1. The summed E-state index contributed by atoms with van der Waals surface area (Å²) < 4.78 is 0. The van der Waals surface area contributed by atoms with Crippen molar-refractivity contribution in [3.05, 3.63) is 0 Å². The van der Waals surface area contributed by atoms with E-state index in [2.05, 4.69) is 10.6 Å². The minimum Gasteiger partial charge on any atom is -0.388 e. The van der Waals surface area contributed by atoms with Crippen LogP contribution in [0.1, 0.15) is 44.9 Å². The van der Waals surface area contributed by atoms with Gasteiger partial charge in [-0.05, 0) is 32.1 Å². The van der Waals surface area contributed by atoms with E-state index in [4.69, 9.17) is 0 Å². The van der Waals surface area contributed by atoms with Crippen molar-refractivity contribution in [1.29, 1.82) is 0 Å². The molecule has 0 saturated heterocycles. The summed E-state index contributed by atoms with van der Waals surface area (Å²) in [6, 6.07) is 0.225. The number of nitrogens with one attached hydrogen (secondary N) is 2. The van der Waals surface area contributed by atoms with E-state index in [9.17, 15) is 9.90 Å². The molecule has 0 atom stereocenters. The molecule has 4 nitrogen and oxygen atoms in total. The smallest absolute Gasteiger partial charge is 0.315 e. The first-order valence-electron chi connectivity index (χ1n) is 5.95. The van der Waals surface area contributed by atoms with Crippen molar-refractivity contribution in [2.75, 3.05) is 6.54 Å². The fourth-order valence-corrected chi connectivity index (χ4v) is 2.31. The van der Waals surface area contributed by atoms with Crippen molar-refractivity contribution in [2.45, 2.75) is 56.6 Å². The third-order valence-electron chi connectivity index (χ3n) is 3.55. The average molecular weight is 212 g/mol. The molecular formula is C11H20N2O2. The van der Waals surface area contributed by atoms with E-state index in [1.54, 1.807) is 0 Å². The molecule has 0 aliphatic heterocycles. The van der Waals surface area contributed by atoms with Crippen LogP contribution >= 0.6 is 0 Å². The predicted molar refractivity (Wildman–Crippen MR) is 57.6 cm³/mol. The lowest BCUT2D eigenvalue weighted by atomic mass is 9.80. The molecular weight excluding hydrogens is 192 g/mol. The van der Waals surface area contributed by atoms with Gasteiger partial charge in [-0.25, -0.2) is 4.79 Å². The maximum atomic E-state index is 11.5. The molecule has 2 amide bonds. The summed E-state index contributed by atoms with van der Waals surface area (Å²) in [7, 11) is 0. The number of rotatable bonds is 3. The third-order valence-corrected chi connectivity index (χ3v) is 3.55. The summed E-state index contributed by atoms with van der Waals surface area (Å²) in [6.07, 6.45) is 7.33. The van der Waals surface area contributed by atoms with E-state index in [0.29, 0.717) is 12.6 Å². The molecule has 0 unspecified atom stereocenters. The molecule has 0 radical (unpaired) electrons. The number of amides is 2. The Hall–Kier alpha value is -0.770. The van der Waals surface area contributed by atoms with Crippen LogP contribution < -0.4 is 10.6 Å². The number of carbonyl (C=O) groups is 1. The molecule has 0 heterocycles. The van der Waals surface area contributed by atoms with E-state index in [1.165, 1.54) is 12.8 Å². The highest BCUT2D eigenvalue weighted by Crippen LogP contribution is 2.30. The lowest BCUT2D eigenvalue weighted by Gasteiger charge is -2.36. The van der Waals surface area contributed by atoms with Gasteiger partial charge in [0, 0.05) is 12.6 Å². The normalized spacial score (nSPS) is 24.6. The molecule has 86 valence electrons. The van der Waals surface area contributed by atoms with Gasteiger partial charge in [-0.2, -0.15) is 0 Å². The van der Waals surface area contributed by atoms with Crippen LogP contribution in [0.5, 0.6) is 0 Å². The standard InChI is InChI=1S/C11H20N2O2/c14-10(13-9-4-1-2-5-9)12-8-11(15)6-3-7-11/h9,15H,1-8H2,(H2,12,13,14). The van der Waals surface area contributed by atoms with Crippen LogP contribution in [0.4, 0.5) is 4.79 Å². The van der Waals surface area contributed by atoms with Crippen LogP contribution in [0.25, 0.3) is 0 Å². The Bertz CT molecular complexity index is 233. The molecule has 2 aliphatic carbocycles. The Morgan fingerprint density at radius 1 is 1.27 bits per heavy atom. The summed E-state index contributed by atoms with van der Waals surface area (Å²) in [5.41, 5.74) is -0.618. The topological polar surface area (TPSA) is 61.4 Å². The lowest BCUT2D eigenvalue weighted by Crippen LogP contribution is -2.51. The molecule has 4 heteroatoms. The van der Waals surface area contributed by atoms with E-state index in [-0.39, 0.29) is 6.03 Å². The fraction of sp³-hybridized carbons (Fsp3) is 0.909. The van der Waals surface area contributed by atoms with Crippen molar-refractivity contribution in [1.82, 2.24) is 10.6 Å². The molecule has 0 spiro atoms. The predicted octanol–water partition coefficient (Wildman–Crippen LogP) is 1.14. The first kappa shape index (κ1) is 10.7. The number of urea groups is 1. The second-order valence-corrected chi connectivity index (χ2v) is 4.89. The Labute approximate surface area is 90.4 Å². The zero-order chi connectivity index (χ0) is 10.7. The minimum atomic E-state index is -0.618. The Balaban J connectivity index is 1.63. The zero-order valence-electron chi connectivity index (χ0n) is 9.09. The Morgan fingerprint density at radius 3 is 2.47 bits per heavy atom. The molecule has 0 aromatic carbocycles.